The molecule has 0 aromatic carbocycles. The molecular formula is C15H21Cl2N5O. The Bertz CT molecular complexity index is 686. The third-order valence-corrected chi connectivity index (χ3v) is 4.28. The normalized spacial score (nSPS) is 11.8. The van der Waals surface area contributed by atoms with E-state index in [1.54, 1.807) is 0 Å². The SMILES string of the molecule is CCNC(=NCc1cc(Cl)c(Cl)n1C)NCc1nc(C)c(C)o1. The number of hydrogen-bond acceptors (Lipinski definition) is 3. The Hall–Kier alpha value is -1.66. The lowest BCUT2D eigenvalue weighted by molar-refractivity contribution is 0.463. The van der Waals surface area contributed by atoms with Gasteiger partial charge in [0.25, 0.3) is 0 Å². The number of halogens is 2. The maximum Gasteiger partial charge on any atom is 0.214 e. The average Bonchev–Trinajstić information content (AvgIpc) is 2.96. The summed E-state index contributed by atoms with van der Waals surface area (Å²) in [5.74, 6) is 2.14. The predicted octanol–water partition coefficient (Wildman–Crippen LogP) is 3.19. The summed E-state index contributed by atoms with van der Waals surface area (Å²) >= 11 is 12.1. The van der Waals surface area contributed by atoms with Crippen molar-refractivity contribution < 1.29 is 4.42 Å². The van der Waals surface area contributed by atoms with Gasteiger partial charge in [0, 0.05) is 19.3 Å². The molecule has 0 amide bonds. The molecule has 2 N–H and O–H groups in total. The van der Waals surface area contributed by atoms with Gasteiger partial charge in [-0.1, -0.05) is 23.2 Å². The van der Waals surface area contributed by atoms with Crippen molar-refractivity contribution >= 4 is 29.2 Å². The fraction of sp³-hybridized carbons (Fsp3) is 0.467. The summed E-state index contributed by atoms with van der Waals surface area (Å²) in [5.41, 5.74) is 1.83. The van der Waals surface area contributed by atoms with E-state index in [4.69, 9.17) is 27.6 Å². The van der Waals surface area contributed by atoms with Gasteiger partial charge in [-0.25, -0.2) is 9.98 Å². The molecule has 126 valence electrons. The molecule has 2 aromatic rings. The molecule has 0 bridgehead atoms. The molecule has 0 fully saturated rings. The minimum atomic E-state index is 0.460. The number of nitrogens with one attached hydrogen (secondary N) is 2. The van der Waals surface area contributed by atoms with Gasteiger partial charge in [-0.2, -0.15) is 0 Å². The largest absolute Gasteiger partial charge is 0.444 e. The molecule has 0 aliphatic carbocycles. The van der Waals surface area contributed by atoms with Crippen LogP contribution in [0.15, 0.2) is 15.5 Å². The highest BCUT2D eigenvalue weighted by Crippen LogP contribution is 2.25. The molecule has 0 spiro atoms. The van der Waals surface area contributed by atoms with E-state index in [2.05, 4.69) is 20.6 Å². The van der Waals surface area contributed by atoms with Crippen molar-refractivity contribution in [3.8, 4) is 0 Å². The highest BCUT2D eigenvalue weighted by Gasteiger charge is 2.09. The quantitative estimate of drug-likeness (QED) is 0.636. The number of aryl methyl sites for hydroxylation is 2. The smallest absolute Gasteiger partial charge is 0.214 e. The van der Waals surface area contributed by atoms with Crippen LogP contribution in [-0.4, -0.2) is 22.1 Å². The minimum Gasteiger partial charge on any atom is -0.444 e. The van der Waals surface area contributed by atoms with Crippen LogP contribution in [0.2, 0.25) is 10.2 Å². The second-order valence-corrected chi connectivity index (χ2v) is 5.90. The van der Waals surface area contributed by atoms with Crippen LogP contribution in [0.1, 0.15) is 30.0 Å². The van der Waals surface area contributed by atoms with Gasteiger partial charge >= 0.3 is 0 Å². The maximum atomic E-state index is 6.06. The topological polar surface area (TPSA) is 67.4 Å². The number of guanidine groups is 1. The first-order valence-corrected chi connectivity index (χ1v) is 8.12. The van der Waals surface area contributed by atoms with Crippen LogP contribution in [0.4, 0.5) is 0 Å². The Balaban J connectivity index is 2.03. The standard InChI is InChI=1S/C15H21Cl2N5O/c1-5-18-15(20-8-13-21-9(2)10(3)23-13)19-7-11-6-12(16)14(17)22(11)4/h6H,5,7-8H2,1-4H3,(H2,18,19,20). The van der Waals surface area contributed by atoms with Gasteiger partial charge in [-0.15, -0.1) is 0 Å². The molecule has 8 heteroatoms. The summed E-state index contributed by atoms with van der Waals surface area (Å²) in [6.45, 7) is 7.51. The van der Waals surface area contributed by atoms with Crippen molar-refractivity contribution in [1.29, 1.82) is 0 Å². The Morgan fingerprint density at radius 1 is 1.35 bits per heavy atom. The Morgan fingerprint density at radius 2 is 2.09 bits per heavy atom. The van der Waals surface area contributed by atoms with E-state index in [0.717, 1.165) is 23.7 Å². The van der Waals surface area contributed by atoms with Gasteiger partial charge in [-0.05, 0) is 26.8 Å². The van der Waals surface area contributed by atoms with Gasteiger partial charge in [0.15, 0.2) is 5.96 Å². The van der Waals surface area contributed by atoms with Gasteiger partial charge in [-0.3, -0.25) is 0 Å². The molecule has 2 rings (SSSR count). The zero-order valence-electron chi connectivity index (χ0n) is 13.7. The van der Waals surface area contributed by atoms with Crippen molar-refractivity contribution in [1.82, 2.24) is 20.2 Å². The van der Waals surface area contributed by atoms with Gasteiger partial charge in [0.1, 0.15) is 10.9 Å². The summed E-state index contributed by atoms with van der Waals surface area (Å²) in [6.07, 6.45) is 0. The third-order valence-electron chi connectivity index (χ3n) is 3.44. The number of aromatic nitrogens is 2. The monoisotopic (exact) mass is 357 g/mol. The Labute approximate surface area is 145 Å². The Morgan fingerprint density at radius 3 is 2.61 bits per heavy atom. The van der Waals surface area contributed by atoms with Gasteiger partial charge in [0.05, 0.1) is 23.8 Å². The maximum absolute atomic E-state index is 6.06. The zero-order chi connectivity index (χ0) is 17.0. The number of oxazole rings is 1. The van der Waals surface area contributed by atoms with E-state index in [1.807, 2.05) is 38.5 Å². The van der Waals surface area contributed by atoms with Crippen molar-refractivity contribution in [3.05, 3.63) is 39.3 Å². The molecule has 0 saturated carbocycles. The fourth-order valence-corrected chi connectivity index (χ4v) is 2.43. The molecule has 0 radical (unpaired) electrons. The van der Waals surface area contributed by atoms with E-state index >= 15 is 0 Å². The minimum absolute atomic E-state index is 0.460. The van der Waals surface area contributed by atoms with Gasteiger partial charge in [0.2, 0.25) is 5.89 Å². The van der Waals surface area contributed by atoms with Crippen LogP contribution >= 0.6 is 23.2 Å². The molecule has 23 heavy (non-hydrogen) atoms. The van der Waals surface area contributed by atoms with Crippen molar-refractivity contribution in [2.24, 2.45) is 12.0 Å². The number of aliphatic imine (C=N–C) groups is 1. The molecule has 0 atom stereocenters. The number of rotatable bonds is 5. The van der Waals surface area contributed by atoms with Gasteiger partial charge < -0.3 is 19.6 Å². The molecule has 0 saturated heterocycles. The van der Waals surface area contributed by atoms with E-state index < -0.39 is 0 Å². The predicted molar refractivity (Wildman–Crippen MR) is 93.1 cm³/mol. The van der Waals surface area contributed by atoms with E-state index in [1.165, 1.54) is 0 Å². The first kappa shape index (κ1) is 17.7. The van der Waals surface area contributed by atoms with Crippen LogP contribution in [0.25, 0.3) is 0 Å². The third kappa shape index (κ3) is 4.42. The summed E-state index contributed by atoms with van der Waals surface area (Å²) in [5, 5.41) is 7.42. The summed E-state index contributed by atoms with van der Waals surface area (Å²) < 4.78 is 7.37. The molecular weight excluding hydrogens is 337 g/mol. The molecule has 2 heterocycles. The lowest BCUT2D eigenvalue weighted by Crippen LogP contribution is -2.36. The number of nitrogens with zero attached hydrogens (tertiary/aromatic N) is 3. The zero-order valence-corrected chi connectivity index (χ0v) is 15.2. The van der Waals surface area contributed by atoms with E-state index in [9.17, 15) is 0 Å². The second-order valence-electron chi connectivity index (χ2n) is 5.13. The van der Waals surface area contributed by atoms with Crippen molar-refractivity contribution in [2.45, 2.75) is 33.9 Å². The number of hydrogen-bond donors (Lipinski definition) is 2. The summed E-state index contributed by atoms with van der Waals surface area (Å²) in [4.78, 5) is 8.87. The van der Waals surface area contributed by atoms with Crippen LogP contribution in [0.5, 0.6) is 0 Å². The summed E-state index contributed by atoms with van der Waals surface area (Å²) in [6, 6.07) is 1.82. The van der Waals surface area contributed by atoms with Crippen molar-refractivity contribution in [3.63, 3.8) is 0 Å². The molecule has 2 aromatic heterocycles. The molecule has 0 aliphatic rings. The summed E-state index contributed by atoms with van der Waals surface area (Å²) in [7, 11) is 1.86. The van der Waals surface area contributed by atoms with Crippen LogP contribution < -0.4 is 10.6 Å². The average molecular weight is 358 g/mol. The van der Waals surface area contributed by atoms with Crippen LogP contribution in [-0.2, 0) is 20.1 Å². The van der Waals surface area contributed by atoms with E-state index in [-0.39, 0.29) is 0 Å². The van der Waals surface area contributed by atoms with Crippen LogP contribution in [0.3, 0.4) is 0 Å². The lowest BCUT2D eigenvalue weighted by Gasteiger charge is -2.10. The lowest BCUT2D eigenvalue weighted by atomic mass is 10.4. The highest BCUT2D eigenvalue weighted by molar-refractivity contribution is 6.41. The van der Waals surface area contributed by atoms with E-state index in [0.29, 0.717) is 35.1 Å². The van der Waals surface area contributed by atoms with Crippen LogP contribution in [0, 0.1) is 13.8 Å². The second kappa shape index (κ2) is 7.75. The first-order chi connectivity index (χ1) is 10.9. The first-order valence-electron chi connectivity index (χ1n) is 7.37. The Kier molecular flexibility index (Phi) is 5.96. The molecule has 0 aliphatic heterocycles. The highest BCUT2D eigenvalue weighted by atomic mass is 35.5. The fourth-order valence-electron chi connectivity index (χ4n) is 2.02. The molecule has 0 unspecified atom stereocenters. The van der Waals surface area contributed by atoms with Crippen molar-refractivity contribution in [2.75, 3.05) is 6.54 Å². The molecule has 6 nitrogen and oxygen atoms in total.